The molecule has 1 aliphatic heterocycles. The summed E-state index contributed by atoms with van der Waals surface area (Å²) in [6, 6.07) is 3.56. The molecule has 21 heavy (non-hydrogen) atoms. The summed E-state index contributed by atoms with van der Waals surface area (Å²) in [4.78, 5) is 6.50. The van der Waals surface area contributed by atoms with Crippen LogP contribution >= 0.6 is 0 Å². The number of hydrogen-bond acceptors (Lipinski definition) is 1. The van der Waals surface area contributed by atoms with Crippen LogP contribution < -0.4 is 5.32 Å². The van der Waals surface area contributed by atoms with Gasteiger partial charge in [0.25, 0.3) is 0 Å². The average Bonchev–Trinajstić information content (AvgIpc) is 2.48. The highest BCUT2D eigenvalue weighted by atomic mass is 19.1. The van der Waals surface area contributed by atoms with Gasteiger partial charge in [0.15, 0.2) is 5.96 Å². The van der Waals surface area contributed by atoms with Gasteiger partial charge in [-0.2, -0.15) is 0 Å². The highest BCUT2D eigenvalue weighted by molar-refractivity contribution is 5.79. The van der Waals surface area contributed by atoms with E-state index in [0.29, 0.717) is 18.5 Å². The maximum absolute atomic E-state index is 13.5. The Balaban J connectivity index is 1.85. The Morgan fingerprint density at radius 3 is 2.71 bits per heavy atom. The minimum atomic E-state index is -0.402. The quantitative estimate of drug-likeness (QED) is 0.686. The summed E-state index contributed by atoms with van der Waals surface area (Å²) in [6.07, 6.45) is 2.77. The van der Waals surface area contributed by atoms with Crippen LogP contribution in [-0.4, -0.2) is 37.5 Å². The number of nitrogens with one attached hydrogen (secondary N) is 1. The summed E-state index contributed by atoms with van der Waals surface area (Å²) in [7, 11) is 1.75. The Morgan fingerprint density at radius 1 is 1.33 bits per heavy atom. The summed E-state index contributed by atoms with van der Waals surface area (Å²) < 4.78 is 26.6. The number of halogens is 2. The molecule has 0 atom stereocenters. The summed E-state index contributed by atoms with van der Waals surface area (Å²) in [5, 5.41) is 3.24. The summed E-state index contributed by atoms with van der Waals surface area (Å²) in [5.74, 6) is 0.847. The van der Waals surface area contributed by atoms with Gasteiger partial charge >= 0.3 is 0 Å². The van der Waals surface area contributed by atoms with Crippen molar-refractivity contribution in [2.75, 3.05) is 26.7 Å². The van der Waals surface area contributed by atoms with Crippen LogP contribution in [0.2, 0.25) is 0 Å². The van der Waals surface area contributed by atoms with E-state index in [-0.39, 0.29) is 5.82 Å². The third-order valence-electron chi connectivity index (χ3n) is 3.98. The number of rotatable bonds is 3. The maximum Gasteiger partial charge on any atom is 0.193 e. The Morgan fingerprint density at radius 2 is 2.05 bits per heavy atom. The third kappa shape index (κ3) is 4.41. The van der Waals surface area contributed by atoms with E-state index in [2.05, 4.69) is 22.1 Å². The van der Waals surface area contributed by atoms with Crippen molar-refractivity contribution in [1.82, 2.24) is 10.2 Å². The summed E-state index contributed by atoms with van der Waals surface area (Å²) >= 11 is 0. The van der Waals surface area contributed by atoms with Gasteiger partial charge in [0.1, 0.15) is 11.6 Å². The van der Waals surface area contributed by atoms with Gasteiger partial charge in [-0.25, -0.2) is 8.78 Å². The number of nitrogens with zero attached hydrogens (tertiary/aromatic N) is 2. The maximum atomic E-state index is 13.5. The van der Waals surface area contributed by atoms with Crippen molar-refractivity contribution in [3.05, 3.63) is 35.4 Å². The van der Waals surface area contributed by atoms with Gasteiger partial charge in [-0.05, 0) is 48.9 Å². The molecule has 0 saturated carbocycles. The number of aliphatic imine (C=N–C) groups is 1. The van der Waals surface area contributed by atoms with Crippen LogP contribution in [0.5, 0.6) is 0 Å². The van der Waals surface area contributed by atoms with Crippen LogP contribution in [0.25, 0.3) is 0 Å². The minimum Gasteiger partial charge on any atom is -0.356 e. The van der Waals surface area contributed by atoms with E-state index < -0.39 is 5.82 Å². The van der Waals surface area contributed by atoms with Gasteiger partial charge in [-0.3, -0.25) is 4.99 Å². The molecule has 0 spiro atoms. The first kappa shape index (κ1) is 15.7. The molecule has 116 valence electrons. The lowest BCUT2D eigenvalue weighted by Gasteiger charge is -2.32. The van der Waals surface area contributed by atoms with Crippen LogP contribution in [0.3, 0.4) is 0 Å². The molecule has 0 unspecified atom stereocenters. The predicted molar refractivity (Wildman–Crippen MR) is 81.4 cm³/mol. The van der Waals surface area contributed by atoms with Crippen molar-refractivity contribution in [2.45, 2.75) is 26.2 Å². The van der Waals surface area contributed by atoms with Crippen LogP contribution in [0.4, 0.5) is 8.78 Å². The fourth-order valence-electron chi connectivity index (χ4n) is 2.60. The monoisotopic (exact) mass is 295 g/mol. The number of guanidine groups is 1. The van der Waals surface area contributed by atoms with Crippen LogP contribution in [0.1, 0.15) is 25.3 Å². The van der Waals surface area contributed by atoms with Gasteiger partial charge < -0.3 is 10.2 Å². The van der Waals surface area contributed by atoms with Crippen molar-refractivity contribution >= 4 is 5.96 Å². The first-order valence-corrected chi connectivity index (χ1v) is 7.49. The molecule has 1 N–H and O–H groups in total. The lowest BCUT2D eigenvalue weighted by Crippen LogP contribution is -2.45. The largest absolute Gasteiger partial charge is 0.356 e. The highest BCUT2D eigenvalue weighted by Crippen LogP contribution is 2.16. The normalized spacial score (nSPS) is 17.1. The molecule has 1 heterocycles. The molecular weight excluding hydrogens is 272 g/mol. The van der Waals surface area contributed by atoms with E-state index in [9.17, 15) is 8.78 Å². The van der Waals surface area contributed by atoms with E-state index in [1.165, 1.54) is 25.0 Å². The van der Waals surface area contributed by atoms with E-state index in [0.717, 1.165) is 31.0 Å². The zero-order valence-electron chi connectivity index (χ0n) is 12.7. The molecule has 0 bridgehead atoms. The third-order valence-corrected chi connectivity index (χ3v) is 3.98. The Kier molecular flexibility index (Phi) is 5.53. The van der Waals surface area contributed by atoms with E-state index in [1.54, 1.807) is 7.05 Å². The second-order valence-electron chi connectivity index (χ2n) is 5.63. The molecular formula is C16H23F2N3. The number of piperidine rings is 1. The zero-order chi connectivity index (χ0) is 15.2. The standard InChI is InChI=1S/C16H23F2N3/c1-12-6-9-21(10-7-12)16(19-2)20-8-5-13-11-14(17)3-4-15(13)18/h3-4,11-12H,5-10H2,1-2H3,(H,19,20). The molecule has 3 nitrogen and oxygen atoms in total. The number of likely N-dealkylation sites (tertiary alicyclic amines) is 1. The van der Waals surface area contributed by atoms with Crippen molar-refractivity contribution in [3.8, 4) is 0 Å². The zero-order valence-corrected chi connectivity index (χ0v) is 12.7. The molecule has 0 amide bonds. The predicted octanol–water partition coefficient (Wildman–Crippen LogP) is 2.81. The van der Waals surface area contributed by atoms with Crippen molar-refractivity contribution < 1.29 is 8.78 Å². The molecule has 1 aromatic rings. The molecule has 1 aromatic carbocycles. The van der Waals surface area contributed by atoms with E-state index in [4.69, 9.17) is 0 Å². The number of hydrogen-bond donors (Lipinski definition) is 1. The van der Waals surface area contributed by atoms with Gasteiger partial charge in [0.05, 0.1) is 0 Å². The van der Waals surface area contributed by atoms with Gasteiger partial charge in [0.2, 0.25) is 0 Å². The molecule has 1 fully saturated rings. The molecule has 0 aromatic heterocycles. The minimum absolute atomic E-state index is 0.361. The molecule has 5 heteroatoms. The van der Waals surface area contributed by atoms with E-state index in [1.807, 2.05) is 0 Å². The topological polar surface area (TPSA) is 27.6 Å². The van der Waals surface area contributed by atoms with Gasteiger partial charge in [0, 0.05) is 26.7 Å². The highest BCUT2D eigenvalue weighted by Gasteiger charge is 2.18. The molecule has 0 radical (unpaired) electrons. The fraction of sp³-hybridized carbons (Fsp3) is 0.562. The van der Waals surface area contributed by atoms with Crippen LogP contribution in [0.15, 0.2) is 23.2 Å². The molecule has 0 aliphatic carbocycles. The Bertz CT molecular complexity index is 494. The Hall–Kier alpha value is -1.65. The van der Waals surface area contributed by atoms with Crippen LogP contribution in [0, 0.1) is 17.6 Å². The Labute approximate surface area is 125 Å². The molecule has 1 aliphatic rings. The second kappa shape index (κ2) is 7.38. The van der Waals surface area contributed by atoms with Crippen molar-refractivity contribution in [1.29, 1.82) is 0 Å². The second-order valence-corrected chi connectivity index (χ2v) is 5.63. The SMILES string of the molecule is CN=C(NCCc1cc(F)ccc1F)N1CCC(C)CC1. The summed E-state index contributed by atoms with van der Waals surface area (Å²) in [6.45, 7) is 4.80. The van der Waals surface area contributed by atoms with Crippen LogP contribution in [-0.2, 0) is 6.42 Å². The lowest BCUT2D eigenvalue weighted by molar-refractivity contribution is 0.273. The van der Waals surface area contributed by atoms with E-state index >= 15 is 0 Å². The number of benzene rings is 1. The average molecular weight is 295 g/mol. The smallest absolute Gasteiger partial charge is 0.193 e. The van der Waals surface area contributed by atoms with Gasteiger partial charge in [-0.1, -0.05) is 6.92 Å². The van der Waals surface area contributed by atoms with Crippen molar-refractivity contribution in [2.24, 2.45) is 10.9 Å². The van der Waals surface area contributed by atoms with Gasteiger partial charge in [-0.15, -0.1) is 0 Å². The molecule has 2 rings (SSSR count). The first-order valence-electron chi connectivity index (χ1n) is 7.49. The summed E-state index contributed by atoms with van der Waals surface area (Å²) in [5.41, 5.74) is 0.394. The lowest BCUT2D eigenvalue weighted by atomic mass is 9.99. The molecule has 1 saturated heterocycles. The van der Waals surface area contributed by atoms with Crippen molar-refractivity contribution in [3.63, 3.8) is 0 Å². The first-order chi connectivity index (χ1) is 10.1. The fourth-order valence-corrected chi connectivity index (χ4v) is 2.60.